The Labute approximate surface area is 116 Å². The van der Waals surface area contributed by atoms with Crippen LogP contribution in [-0.4, -0.2) is 11.7 Å². The molecule has 1 aromatic rings. The molecule has 0 aliphatic rings. The first kappa shape index (κ1) is 15.1. The van der Waals surface area contributed by atoms with Crippen LogP contribution in [0.4, 0.5) is 5.69 Å². The topological polar surface area (TPSA) is 81.1 Å². The van der Waals surface area contributed by atoms with Gasteiger partial charge in [0.15, 0.2) is 0 Å². The Morgan fingerprint density at radius 2 is 2.11 bits per heavy atom. The second-order valence-corrected chi connectivity index (χ2v) is 5.46. The highest BCUT2D eigenvalue weighted by Gasteiger charge is 2.02. The van der Waals surface area contributed by atoms with Crippen molar-refractivity contribution in [1.82, 2.24) is 5.43 Å². The molecule has 5 N–H and O–H groups in total. The van der Waals surface area contributed by atoms with Crippen LogP contribution in [0.3, 0.4) is 0 Å². The Morgan fingerprint density at radius 3 is 2.78 bits per heavy atom. The molecule has 0 fully saturated rings. The summed E-state index contributed by atoms with van der Waals surface area (Å²) in [5.74, 6) is 5.86. The Bertz CT molecular complexity index is 401. The fourth-order valence-electron chi connectivity index (χ4n) is 1.45. The molecule has 100 valence electrons. The third-order valence-corrected chi connectivity index (χ3v) is 4.01. The molecule has 18 heavy (non-hydrogen) atoms. The Hall–Kier alpha value is -0.910. The number of amides is 1. The number of carbonyl (C=O) groups excluding carboxylic acids is 1. The summed E-state index contributed by atoms with van der Waals surface area (Å²) in [6, 6.07) is 5.54. The van der Waals surface area contributed by atoms with Gasteiger partial charge in [0, 0.05) is 17.0 Å². The third-order valence-electron chi connectivity index (χ3n) is 2.42. The summed E-state index contributed by atoms with van der Waals surface area (Å²) >= 11 is 7.77. The number of nitrogen functional groups attached to an aromatic ring is 1. The Balaban J connectivity index is 2.16. The summed E-state index contributed by atoms with van der Waals surface area (Å²) in [7, 11) is 0. The van der Waals surface area contributed by atoms with Crippen molar-refractivity contribution in [2.75, 3.05) is 11.5 Å². The van der Waals surface area contributed by atoms with Gasteiger partial charge < -0.3 is 5.73 Å². The molecule has 6 heteroatoms. The van der Waals surface area contributed by atoms with Crippen molar-refractivity contribution in [3.05, 3.63) is 23.2 Å². The average Bonchev–Trinajstić information content (AvgIpc) is 2.35. The van der Waals surface area contributed by atoms with E-state index < -0.39 is 0 Å². The Kier molecular flexibility index (Phi) is 6.93. The van der Waals surface area contributed by atoms with Gasteiger partial charge in [0.2, 0.25) is 5.91 Å². The maximum Gasteiger partial charge on any atom is 0.233 e. The van der Waals surface area contributed by atoms with Crippen molar-refractivity contribution in [2.45, 2.75) is 30.6 Å². The number of rotatable bonds is 7. The van der Waals surface area contributed by atoms with E-state index in [-0.39, 0.29) is 5.91 Å². The molecule has 0 aliphatic carbocycles. The SMILES string of the molecule is NNC(=O)CCCCCSc1ccc(N)cc1Cl. The number of hydrogen-bond acceptors (Lipinski definition) is 4. The molecular weight excluding hydrogens is 270 g/mol. The number of unbranched alkanes of at least 4 members (excludes halogenated alkanes) is 2. The second-order valence-electron chi connectivity index (χ2n) is 3.92. The lowest BCUT2D eigenvalue weighted by molar-refractivity contribution is -0.121. The molecule has 0 radical (unpaired) electrons. The van der Waals surface area contributed by atoms with Gasteiger partial charge in [-0.1, -0.05) is 18.0 Å². The number of nitrogens with two attached hydrogens (primary N) is 2. The van der Waals surface area contributed by atoms with Crippen LogP contribution in [0.2, 0.25) is 5.02 Å². The van der Waals surface area contributed by atoms with Crippen LogP contribution in [0.25, 0.3) is 0 Å². The van der Waals surface area contributed by atoms with E-state index in [0.29, 0.717) is 17.1 Å². The van der Waals surface area contributed by atoms with Gasteiger partial charge in [-0.15, -0.1) is 11.8 Å². The van der Waals surface area contributed by atoms with E-state index in [1.165, 1.54) is 0 Å². The maximum atomic E-state index is 10.9. The normalized spacial score (nSPS) is 10.3. The molecule has 0 heterocycles. The molecule has 0 unspecified atom stereocenters. The molecule has 0 aromatic heterocycles. The van der Waals surface area contributed by atoms with E-state index in [9.17, 15) is 4.79 Å². The van der Waals surface area contributed by atoms with Crippen molar-refractivity contribution in [2.24, 2.45) is 5.84 Å². The zero-order chi connectivity index (χ0) is 13.4. The third kappa shape index (κ3) is 5.62. The number of halogens is 1. The zero-order valence-corrected chi connectivity index (χ0v) is 11.7. The van der Waals surface area contributed by atoms with Crippen LogP contribution in [0.15, 0.2) is 23.1 Å². The first-order chi connectivity index (χ1) is 8.63. The smallest absolute Gasteiger partial charge is 0.233 e. The van der Waals surface area contributed by atoms with E-state index in [4.69, 9.17) is 23.2 Å². The number of carbonyl (C=O) groups is 1. The van der Waals surface area contributed by atoms with E-state index in [1.807, 2.05) is 12.1 Å². The van der Waals surface area contributed by atoms with Gasteiger partial charge in [0.05, 0.1) is 5.02 Å². The van der Waals surface area contributed by atoms with Crippen molar-refractivity contribution in [3.8, 4) is 0 Å². The number of benzene rings is 1. The van der Waals surface area contributed by atoms with Gasteiger partial charge >= 0.3 is 0 Å². The zero-order valence-electron chi connectivity index (χ0n) is 10.1. The monoisotopic (exact) mass is 287 g/mol. The van der Waals surface area contributed by atoms with E-state index >= 15 is 0 Å². The van der Waals surface area contributed by atoms with Crippen molar-refractivity contribution in [3.63, 3.8) is 0 Å². The average molecular weight is 288 g/mol. The first-order valence-corrected chi connectivity index (χ1v) is 7.17. The summed E-state index contributed by atoms with van der Waals surface area (Å²) < 4.78 is 0. The minimum Gasteiger partial charge on any atom is -0.399 e. The van der Waals surface area contributed by atoms with Crippen molar-refractivity contribution < 1.29 is 4.79 Å². The standard InChI is InChI=1S/C12H18ClN3OS/c13-10-8-9(14)5-6-11(10)18-7-3-1-2-4-12(17)16-15/h5-6,8H,1-4,7,14-15H2,(H,16,17). The van der Waals surface area contributed by atoms with Crippen LogP contribution >= 0.6 is 23.4 Å². The summed E-state index contributed by atoms with van der Waals surface area (Å²) in [5, 5.41) is 0.697. The van der Waals surface area contributed by atoms with Gasteiger partial charge in [-0.05, 0) is 36.8 Å². The molecule has 0 spiro atoms. The van der Waals surface area contributed by atoms with Gasteiger partial charge in [0.1, 0.15) is 0 Å². The van der Waals surface area contributed by atoms with Gasteiger partial charge in [-0.3, -0.25) is 10.2 Å². The van der Waals surface area contributed by atoms with E-state index in [1.54, 1.807) is 17.8 Å². The van der Waals surface area contributed by atoms with Crippen LogP contribution in [0.1, 0.15) is 25.7 Å². The number of hydrazine groups is 1. The largest absolute Gasteiger partial charge is 0.399 e. The lowest BCUT2D eigenvalue weighted by atomic mass is 10.2. The molecule has 1 rings (SSSR count). The predicted octanol–water partition coefficient (Wildman–Crippen LogP) is 2.56. The van der Waals surface area contributed by atoms with Crippen molar-refractivity contribution >= 4 is 35.0 Å². The van der Waals surface area contributed by atoms with E-state index in [2.05, 4.69) is 5.43 Å². The lowest BCUT2D eigenvalue weighted by Crippen LogP contribution is -2.29. The van der Waals surface area contributed by atoms with Gasteiger partial charge in [-0.25, -0.2) is 5.84 Å². The molecular formula is C12H18ClN3OS. The number of hydrogen-bond donors (Lipinski definition) is 3. The molecule has 0 atom stereocenters. The molecule has 0 aliphatic heterocycles. The highest BCUT2D eigenvalue weighted by molar-refractivity contribution is 7.99. The fourth-order valence-corrected chi connectivity index (χ4v) is 2.73. The summed E-state index contributed by atoms with van der Waals surface area (Å²) in [6.07, 6.45) is 3.40. The molecule has 4 nitrogen and oxygen atoms in total. The van der Waals surface area contributed by atoms with Crippen LogP contribution < -0.4 is 17.0 Å². The van der Waals surface area contributed by atoms with E-state index in [0.717, 1.165) is 29.9 Å². The molecule has 0 bridgehead atoms. The van der Waals surface area contributed by atoms with Gasteiger partial charge in [-0.2, -0.15) is 0 Å². The summed E-state index contributed by atoms with van der Waals surface area (Å²) in [5.41, 5.74) is 8.42. The molecule has 0 saturated carbocycles. The predicted molar refractivity (Wildman–Crippen MR) is 77.4 cm³/mol. The first-order valence-electron chi connectivity index (χ1n) is 5.80. The molecule has 1 amide bonds. The molecule has 1 aromatic carbocycles. The fraction of sp³-hybridized carbons (Fsp3) is 0.417. The number of anilines is 1. The second kappa shape index (κ2) is 8.24. The molecule has 0 saturated heterocycles. The lowest BCUT2D eigenvalue weighted by Gasteiger charge is -2.05. The van der Waals surface area contributed by atoms with Crippen LogP contribution in [-0.2, 0) is 4.79 Å². The van der Waals surface area contributed by atoms with Gasteiger partial charge in [0.25, 0.3) is 0 Å². The quantitative estimate of drug-likeness (QED) is 0.180. The number of nitrogens with one attached hydrogen (secondary N) is 1. The van der Waals surface area contributed by atoms with Crippen molar-refractivity contribution in [1.29, 1.82) is 0 Å². The highest BCUT2D eigenvalue weighted by atomic mass is 35.5. The summed E-state index contributed by atoms with van der Waals surface area (Å²) in [4.78, 5) is 11.9. The maximum absolute atomic E-state index is 10.9. The van der Waals surface area contributed by atoms with Crippen LogP contribution in [0, 0.1) is 0 Å². The minimum absolute atomic E-state index is 0.107. The Morgan fingerprint density at radius 1 is 1.33 bits per heavy atom. The summed E-state index contributed by atoms with van der Waals surface area (Å²) in [6.45, 7) is 0. The highest BCUT2D eigenvalue weighted by Crippen LogP contribution is 2.29. The van der Waals surface area contributed by atoms with Crippen LogP contribution in [0.5, 0.6) is 0 Å². The minimum atomic E-state index is -0.107. The number of thioether (sulfide) groups is 1.